The predicted octanol–water partition coefficient (Wildman–Crippen LogP) is 18.4. The number of aromatic nitrogens is 1. The van der Waals surface area contributed by atoms with Crippen LogP contribution in [-0.4, -0.2) is 150 Å². The molecule has 0 bridgehead atoms. The van der Waals surface area contributed by atoms with E-state index in [0.29, 0.717) is 79.5 Å². The number of hydrogen-bond acceptors (Lipinski definition) is 24. The highest BCUT2D eigenvalue weighted by Crippen LogP contribution is 2.32. The van der Waals surface area contributed by atoms with Crippen molar-refractivity contribution in [3.8, 4) is 11.5 Å². The van der Waals surface area contributed by atoms with Gasteiger partial charge in [0, 0.05) is 44.5 Å². The van der Waals surface area contributed by atoms with Gasteiger partial charge in [0.05, 0.1) is 109 Å². The second-order valence-electron chi connectivity index (χ2n) is 31.3. The van der Waals surface area contributed by atoms with E-state index >= 15 is 0 Å². The Morgan fingerprint density at radius 3 is 1.02 bits per heavy atom. The van der Waals surface area contributed by atoms with Crippen LogP contribution in [0, 0.1) is 11.8 Å². The van der Waals surface area contributed by atoms with E-state index in [-0.39, 0.29) is 102 Å². The molecule has 0 spiro atoms. The molecule has 24 nitrogen and oxygen atoms in total. The molecule has 9 atom stereocenters. The van der Waals surface area contributed by atoms with Gasteiger partial charge in [-0.25, -0.2) is 33.6 Å². The van der Waals surface area contributed by atoms with Crippen molar-refractivity contribution in [1.82, 2.24) is 4.98 Å². The van der Waals surface area contributed by atoms with Crippen LogP contribution in [-0.2, 0) is 145 Å². The van der Waals surface area contributed by atoms with Crippen molar-refractivity contribution in [2.45, 2.75) is 206 Å². The molecule has 0 radical (unpaired) electrons. The molecule has 7 aliphatic heterocycles. The molecular weight excluding hydrogens is 1630 g/mol. The summed E-state index contributed by atoms with van der Waals surface area (Å²) in [5.41, 5.74) is 9.71. The van der Waals surface area contributed by atoms with Crippen molar-refractivity contribution in [2.24, 2.45) is 11.8 Å². The number of carbonyl (C=O) groups is 7. The first-order chi connectivity index (χ1) is 62.0. The lowest BCUT2D eigenvalue weighted by atomic mass is 9.94. The molecular formula is C104H125NO23. The van der Waals surface area contributed by atoms with Crippen molar-refractivity contribution >= 4 is 41.8 Å². The van der Waals surface area contributed by atoms with Gasteiger partial charge < -0.3 is 76.2 Å². The quantitative estimate of drug-likeness (QED) is 0.0312. The minimum absolute atomic E-state index is 0.0713. The Labute approximate surface area is 753 Å². The summed E-state index contributed by atoms with van der Waals surface area (Å²) in [5, 5.41) is 9.18. The van der Waals surface area contributed by atoms with Crippen molar-refractivity contribution < 1.29 is 110 Å². The third-order valence-corrected chi connectivity index (χ3v) is 22.2. The second kappa shape index (κ2) is 54.9. The zero-order chi connectivity index (χ0) is 92.0. The summed E-state index contributed by atoms with van der Waals surface area (Å²) in [4.78, 5) is 84.3. The van der Waals surface area contributed by atoms with E-state index < -0.39 is 0 Å². The minimum Gasteiger partial charge on any atom is -0.508 e. The van der Waals surface area contributed by atoms with Gasteiger partial charge in [0.25, 0.3) is 0 Å². The number of phenolic OH excluding ortho intramolecular Hbond substituents is 1. The van der Waals surface area contributed by atoms with Gasteiger partial charge in [0.15, 0.2) is 0 Å². The van der Waals surface area contributed by atoms with Crippen LogP contribution in [0.2, 0.25) is 0 Å². The van der Waals surface area contributed by atoms with E-state index in [1.54, 1.807) is 74.8 Å². The topological polar surface area (TPSA) is 291 Å². The highest BCUT2D eigenvalue weighted by molar-refractivity contribution is 5.90. The smallest absolute Gasteiger partial charge is 0.337 e. The molecule has 7 aliphatic rings. The molecule has 0 amide bonds. The van der Waals surface area contributed by atoms with Crippen LogP contribution in [0.5, 0.6) is 11.5 Å². The first-order valence-electron chi connectivity index (χ1n) is 43.8. The summed E-state index contributed by atoms with van der Waals surface area (Å²) in [6, 6.07) is 59.8. The van der Waals surface area contributed by atoms with Gasteiger partial charge in [0.1, 0.15) is 94.5 Å². The molecule has 7 aromatic rings. The zero-order valence-corrected chi connectivity index (χ0v) is 75.8. The summed E-state index contributed by atoms with van der Waals surface area (Å²) < 4.78 is 79.2. The molecule has 6 aromatic carbocycles. The molecule has 14 rings (SSSR count). The maximum atomic E-state index is 11.7. The first-order valence-corrected chi connectivity index (χ1v) is 43.8. The largest absolute Gasteiger partial charge is 0.508 e. The molecule has 0 aliphatic carbocycles. The number of rotatable bonds is 31. The molecule has 1 aromatic heterocycles. The predicted molar refractivity (Wildman–Crippen MR) is 484 cm³/mol. The van der Waals surface area contributed by atoms with E-state index in [9.17, 15) is 38.7 Å². The van der Waals surface area contributed by atoms with Crippen LogP contribution in [0.15, 0.2) is 276 Å². The number of hydrogen-bond donors (Lipinski definition) is 1. The van der Waals surface area contributed by atoms with Crippen molar-refractivity contribution in [1.29, 1.82) is 0 Å². The average Bonchev–Trinajstić information content (AvgIpc) is 0.842. The Bertz CT molecular complexity index is 4830. The normalized spacial score (nSPS) is 20.3. The lowest BCUT2D eigenvalue weighted by Gasteiger charge is -2.29. The molecule has 0 saturated heterocycles. The van der Waals surface area contributed by atoms with E-state index in [1.165, 1.54) is 58.2 Å². The number of aryl methyl sites for hydroxylation is 7. The third-order valence-electron chi connectivity index (χ3n) is 22.2. The Morgan fingerprint density at radius 1 is 0.328 bits per heavy atom. The molecule has 1 N–H and O–H groups in total. The third kappa shape index (κ3) is 35.5. The van der Waals surface area contributed by atoms with E-state index in [1.807, 2.05) is 155 Å². The number of esters is 7. The SMILES string of the molecule is CCOC1=C(C)C(=O)OC(CCc2ccccc2)C1.CCOC1=CC(=O)OC(CCc2ccccc2)C1C.COC1=C(C)C(=O)OC(CCc2ccccc2)C1.COC1=CC(=O)OC(CCc2ccc(O)cc2)C1.COC1=CC(=O)OC(CCc2ccc(OC)cc2)C1.COC1=CC(=O)OC(CCc2ccccc2)C1C.COC1=CC(=O)OC(CCc2cccnc2)C1. The van der Waals surface area contributed by atoms with E-state index in [4.69, 9.17) is 71.1 Å². The standard InChI is InChI=1S/2C16H20O3.C15H18O4.2C15H18O3.C14H16O4.C13H15NO3/c1-3-18-15-11-16(17)19-14(12(15)2)10-9-13-7-5-4-6-8-13;1-3-18-15-11-14(19-16(17)12(15)2)10-9-13-7-5-4-6-8-13;1-17-12-6-3-11(4-7-12)5-8-13-9-14(18-2)10-15(16)19-13;1-11-13(18-15(16)10-14(11)17-2)9-8-12-6-4-3-5-7-12;1-11-14(17-2)10-13(18-15(11)16)9-8-12-6-4-3-5-7-12;1-17-13-8-12(18-14(16)9-13)7-4-10-2-5-11(15)6-3-10;1-16-12-7-11(17-13(15)8-12)5-4-10-3-2-6-14-9-10/h4-8,11-12,14H,3,9-10H2,1-2H3;4-8,14H,3,9-11H2,1-2H3;3-4,6-7,10,13H,5,8-9H2,1-2H3;3-7,10-11,13H,8-9H2,1-2H3;3-7,13H,8-10H2,1-2H3;2-3,5-6,9,12,15H,4,7-8H2,1H3;2-3,6,8-9,11H,4-5,7H2,1H3. The van der Waals surface area contributed by atoms with Gasteiger partial charge in [-0.3, -0.25) is 4.98 Å². The van der Waals surface area contributed by atoms with Crippen molar-refractivity contribution in [2.75, 3.05) is 55.9 Å². The lowest BCUT2D eigenvalue weighted by Crippen LogP contribution is -2.32. The summed E-state index contributed by atoms with van der Waals surface area (Å²) >= 11 is 0. The van der Waals surface area contributed by atoms with Gasteiger partial charge in [-0.05, 0) is 187 Å². The Kier molecular flexibility index (Phi) is 43.1. The Balaban J connectivity index is 0.000000185. The lowest BCUT2D eigenvalue weighted by molar-refractivity contribution is -0.149. The number of methoxy groups -OCH3 is 6. The van der Waals surface area contributed by atoms with Crippen LogP contribution in [0.3, 0.4) is 0 Å². The van der Waals surface area contributed by atoms with E-state index in [0.717, 1.165) is 124 Å². The molecule has 684 valence electrons. The van der Waals surface area contributed by atoms with Crippen LogP contribution >= 0.6 is 0 Å². The number of ether oxygens (including phenoxy) is 15. The highest BCUT2D eigenvalue weighted by atomic mass is 16.6. The molecule has 9 unspecified atom stereocenters. The number of nitrogens with zero attached hydrogens (tertiary/aromatic N) is 1. The second-order valence-corrected chi connectivity index (χ2v) is 31.3. The average molecular weight is 1760 g/mol. The number of aromatic hydroxyl groups is 1. The van der Waals surface area contributed by atoms with Gasteiger partial charge in [-0.2, -0.15) is 0 Å². The summed E-state index contributed by atoms with van der Waals surface area (Å²) in [7, 11) is 9.55. The maximum Gasteiger partial charge on any atom is 0.337 e. The van der Waals surface area contributed by atoms with Crippen molar-refractivity contribution in [3.05, 3.63) is 315 Å². The fourth-order valence-corrected chi connectivity index (χ4v) is 14.8. The van der Waals surface area contributed by atoms with Crippen LogP contribution in [0.4, 0.5) is 0 Å². The van der Waals surface area contributed by atoms with E-state index in [2.05, 4.69) is 53.5 Å². The minimum atomic E-state index is -0.339. The number of pyridine rings is 1. The molecule has 0 fully saturated rings. The van der Waals surface area contributed by atoms with Crippen molar-refractivity contribution in [3.63, 3.8) is 0 Å². The number of carbonyl (C=O) groups excluding carboxylic acids is 7. The monoisotopic (exact) mass is 1760 g/mol. The highest BCUT2D eigenvalue weighted by Gasteiger charge is 2.34. The summed E-state index contributed by atoms with van der Waals surface area (Å²) in [6.07, 6.45) is 25.1. The number of cyclic esters (lactones) is 7. The fraction of sp³-hybridized carbons (Fsp3) is 0.404. The maximum absolute atomic E-state index is 11.7. The number of phenols is 1. The van der Waals surface area contributed by atoms with Gasteiger partial charge in [-0.1, -0.05) is 166 Å². The van der Waals surface area contributed by atoms with Gasteiger partial charge in [0.2, 0.25) is 0 Å². The molecule has 8 heterocycles. The first kappa shape index (κ1) is 101. The Morgan fingerprint density at radius 2 is 0.656 bits per heavy atom. The molecule has 128 heavy (non-hydrogen) atoms. The number of benzene rings is 6. The Hall–Kier alpha value is -12.9. The zero-order valence-electron chi connectivity index (χ0n) is 75.8. The van der Waals surface area contributed by atoms with Crippen LogP contribution in [0.1, 0.15) is 158 Å². The molecule has 24 heteroatoms. The van der Waals surface area contributed by atoms with Crippen LogP contribution < -0.4 is 4.74 Å². The fourth-order valence-electron chi connectivity index (χ4n) is 14.8. The van der Waals surface area contributed by atoms with Gasteiger partial charge in [-0.15, -0.1) is 0 Å². The van der Waals surface area contributed by atoms with Gasteiger partial charge >= 0.3 is 41.8 Å². The molecule has 0 saturated carbocycles. The summed E-state index contributed by atoms with van der Waals surface area (Å²) in [5.74, 6) is 4.34. The van der Waals surface area contributed by atoms with Crippen LogP contribution in [0.25, 0.3) is 0 Å². The summed E-state index contributed by atoms with van der Waals surface area (Å²) in [6.45, 7) is 12.6.